The Morgan fingerprint density at radius 2 is 1.83 bits per heavy atom. The van der Waals surface area contributed by atoms with E-state index in [9.17, 15) is 9.90 Å². The van der Waals surface area contributed by atoms with E-state index in [4.69, 9.17) is 0 Å². The summed E-state index contributed by atoms with van der Waals surface area (Å²) >= 11 is 1.80. The number of carboxylic acids is 1. The zero-order chi connectivity index (χ0) is 16.4. The molecule has 0 bridgehead atoms. The Labute approximate surface area is 141 Å². The average Bonchev–Trinajstić information content (AvgIpc) is 2.96. The van der Waals surface area contributed by atoms with E-state index < -0.39 is 5.97 Å². The Balaban J connectivity index is 1.89. The van der Waals surface area contributed by atoms with Crippen molar-refractivity contribution >= 4 is 17.3 Å². The molecule has 4 heteroatoms. The fourth-order valence-electron chi connectivity index (χ4n) is 3.35. The van der Waals surface area contributed by atoms with E-state index in [2.05, 4.69) is 54.5 Å². The van der Waals surface area contributed by atoms with Gasteiger partial charge in [-0.15, -0.1) is 11.3 Å². The molecule has 1 aromatic carbocycles. The maximum atomic E-state index is 11.2. The van der Waals surface area contributed by atoms with Crippen LogP contribution in [0.25, 0.3) is 0 Å². The second kappa shape index (κ2) is 6.85. The molecule has 1 N–H and O–H groups in total. The van der Waals surface area contributed by atoms with Crippen molar-refractivity contribution in [2.75, 3.05) is 13.1 Å². The van der Waals surface area contributed by atoms with Gasteiger partial charge in [0.1, 0.15) is 0 Å². The Morgan fingerprint density at radius 3 is 2.35 bits per heavy atom. The van der Waals surface area contributed by atoms with E-state index in [1.54, 1.807) is 11.3 Å². The van der Waals surface area contributed by atoms with Crippen LogP contribution in [0.1, 0.15) is 40.5 Å². The van der Waals surface area contributed by atoms with Gasteiger partial charge in [0.2, 0.25) is 0 Å². The summed E-state index contributed by atoms with van der Waals surface area (Å²) in [4.78, 5) is 15.0. The number of thiophene rings is 1. The van der Waals surface area contributed by atoms with E-state index in [0.29, 0.717) is 0 Å². The van der Waals surface area contributed by atoms with E-state index in [1.165, 1.54) is 21.6 Å². The lowest BCUT2D eigenvalue weighted by Crippen LogP contribution is -2.39. The summed E-state index contributed by atoms with van der Waals surface area (Å²) in [6, 6.07) is 11.2. The largest absolute Gasteiger partial charge is 0.481 e. The van der Waals surface area contributed by atoms with Crippen LogP contribution in [0.4, 0.5) is 0 Å². The fraction of sp³-hybridized carbons (Fsp3) is 0.421. The highest BCUT2D eigenvalue weighted by atomic mass is 32.1. The highest BCUT2D eigenvalue weighted by molar-refractivity contribution is 7.10. The second-order valence-electron chi connectivity index (χ2n) is 6.43. The first kappa shape index (κ1) is 16.2. The minimum atomic E-state index is -0.649. The van der Waals surface area contributed by atoms with Gasteiger partial charge in [-0.25, -0.2) is 0 Å². The van der Waals surface area contributed by atoms with Crippen LogP contribution in [0.15, 0.2) is 35.7 Å². The van der Waals surface area contributed by atoms with Crippen LogP contribution < -0.4 is 0 Å². The maximum Gasteiger partial charge on any atom is 0.306 e. The summed E-state index contributed by atoms with van der Waals surface area (Å²) in [6.45, 7) is 5.95. The lowest BCUT2D eigenvalue weighted by Gasteiger charge is -2.36. The van der Waals surface area contributed by atoms with Crippen molar-refractivity contribution in [2.45, 2.75) is 32.7 Å². The van der Waals surface area contributed by atoms with Gasteiger partial charge < -0.3 is 5.11 Å². The number of hydrogen-bond donors (Lipinski definition) is 1. The predicted molar refractivity (Wildman–Crippen MR) is 94.0 cm³/mol. The van der Waals surface area contributed by atoms with Gasteiger partial charge in [0.25, 0.3) is 0 Å². The molecule has 23 heavy (non-hydrogen) atoms. The molecule has 1 atom stereocenters. The van der Waals surface area contributed by atoms with Crippen molar-refractivity contribution in [1.29, 1.82) is 0 Å². The van der Waals surface area contributed by atoms with E-state index >= 15 is 0 Å². The standard InChI is InChI=1S/C19H23NO2S/c1-13-3-5-15(6-4-13)17(18-14(2)9-12-23-18)20-10-7-16(8-11-20)19(21)22/h3-6,9,12,16-17H,7-8,10-11H2,1-2H3,(H,21,22). The SMILES string of the molecule is Cc1ccc(C(c2sccc2C)N2CCC(C(=O)O)CC2)cc1. The monoisotopic (exact) mass is 329 g/mol. The summed E-state index contributed by atoms with van der Waals surface area (Å²) < 4.78 is 0. The molecule has 0 radical (unpaired) electrons. The van der Waals surface area contributed by atoms with Crippen LogP contribution in [-0.4, -0.2) is 29.1 Å². The van der Waals surface area contributed by atoms with Crippen LogP contribution in [0.2, 0.25) is 0 Å². The van der Waals surface area contributed by atoms with Crippen molar-refractivity contribution in [2.24, 2.45) is 5.92 Å². The Bertz CT molecular complexity index is 669. The Morgan fingerprint density at radius 1 is 1.17 bits per heavy atom. The molecule has 2 aromatic rings. The summed E-state index contributed by atoms with van der Waals surface area (Å²) in [7, 11) is 0. The summed E-state index contributed by atoms with van der Waals surface area (Å²) in [6.07, 6.45) is 1.48. The van der Waals surface area contributed by atoms with Gasteiger partial charge >= 0.3 is 5.97 Å². The number of carbonyl (C=O) groups is 1. The molecule has 1 aromatic heterocycles. The van der Waals surface area contributed by atoms with Gasteiger partial charge in [0.15, 0.2) is 0 Å². The van der Waals surface area contributed by atoms with Crippen LogP contribution in [0.5, 0.6) is 0 Å². The minimum Gasteiger partial charge on any atom is -0.481 e. The quantitative estimate of drug-likeness (QED) is 0.911. The lowest BCUT2D eigenvalue weighted by atomic mass is 9.93. The number of carboxylic acid groups (broad SMARTS) is 1. The normalized spacial score (nSPS) is 18.0. The zero-order valence-electron chi connectivity index (χ0n) is 13.7. The lowest BCUT2D eigenvalue weighted by molar-refractivity contribution is -0.143. The highest BCUT2D eigenvalue weighted by Crippen LogP contribution is 2.36. The molecule has 1 unspecified atom stereocenters. The number of likely N-dealkylation sites (tertiary alicyclic amines) is 1. The van der Waals surface area contributed by atoms with Crippen molar-refractivity contribution in [3.63, 3.8) is 0 Å². The second-order valence-corrected chi connectivity index (χ2v) is 7.38. The first-order valence-corrected chi connectivity index (χ1v) is 9.01. The van der Waals surface area contributed by atoms with Gasteiger partial charge in [-0.05, 0) is 62.4 Å². The van der Waals surface area contributed by atoms with Crippen molar-refractivity contribution in [3.05, 3.63) is 57.3 Å². The molecule has 1 saturated heterocycles. The molecule has 122 valence electrons. The van der Waals surface area contributed by atoms with E-state index in [1.807, 2.05) is 0 Å². The summed E-state index contributed by atoms with van der Waals surface area (Å²) in [5.74, 6) is -0.835. The van der Waals surface area contributed by atoms with Crippen molar-refractivity contribution < 1.29 is 9.90 Å². The molecular weight excluding hydrogens is 306 g/mol. The molecule has 0 aliphatic carbocycles. The van der Waals surface area contributed by atoms with Crippen molar-refractivity contribution in [3.8, 4) is 0 Å². The third kappa shape index (κ3) is 3.48. The highest BCUT2D eigenvalue weighted by Gasteiger charge is 2.31. The first-order chi connectivity index (χ1) is 11.1. The van der Waals surface area contributed by atoms with E-state index in [0.717, 1.165) is 25.9 Å². The number of rotatable bonds is 4. The molecular formula is C19H23NO2S. The molecule has 2 heterocycles. The molecule has 3 rings (SSSR count). The van der Waals surface area contributed by atoms with Crippen molar-refractivity contribution in [1.82, 2.24) is 4.90 Å². The van der Waals surface area contributed by atoms with Gasteiger partial charge in [0.05, 0.1) is 12.0 Å². The zero-order valence-corrected chi connectivity index (χ0v) is 14.5. The third-order valence-corrected chi connectivity index (χ3v) is 5.86. The molecule has 1 aliphatic rings. The minimum absolute atomic E-state index is 0.186. The van der Waals surface area contributed by atoms with Crippen LogP contribution in [0.3, 0.4) is 0 Å². The average molecular weight is 329 g/mol. The summed E-state index contributed by atoms with van der Waals surface area (Å²) in [5, 5.41) is 11.4. The molecule has 1 fully saturated rings. The maximum absolute atomic E-state index is 11.2. The van der Waals surface area contributed by atoms with Gasteiger partial charge in [0, 0.05) is 4.88 Å². The van der Waals surface area contributed by atoms with E-state index in [-0.39, 0.29) is 12.0 Å². The molecule has 0 saturated carbocycles. The van der Waals surface area contributed by atoms with Crippen LogP contribution in [0, 0.1) is 19.8 Å². The number of piperidine rings is 1. The number of hydrogen-bond acceptors (Lipinski definition) is 3. The summed E-state index contributed by atoms with van der Waals surface area (Å²) in [5.41, 5.74) is 3.89. The Hall–Kier alpha value is -1.65. The van der Waals surface area contributed by atoms with Gasteiger partial charge in [-0.1, -0.05) is 29.8 Å². The van der Waals surface area contributed by atoms with Gasteiger partial charge in [-0.3, -0.25) is 9.69 Å². The number of aliphatic carboxylic acids is 1. The molecule has 3 nitrogen and oxygen atoms in total. The Kier molecular flexibility index (Phi) is 4.83. The molecule has 1 aliphatic heterocycles. The third-order valence-electron chi connectivity index (χ3n) is 4.79. The smallest absolute Gasteiger partial charge is 0.306 e. The first-order valence-electron chi connectivity index (χ1n) is 8.13. The number of nitrogens with zero attached hydrogens (tertiary/aromatic N) is 1. The van der Waals surface area contributed by atoms with Crippen LogP contribution >= 0.6 is 11.3 Å². The predicted octanol–water partition coefficient (Wildman–Crippen LogP) is 4.25. The molecule has 0 spiro atoms. The fourth-order valence-corrected chi connectivity index (χ4v) is 4.43. The number of aryl methyl sites for hydroxylation is 2. The topological polar surface area (TPSA) is 40.5 Å². The van der Waals surface area contributed by atoms with Crippen LogP contribution in [-0.2, 0) is 4.79 Å². The van der Waals surface area contributed by atoms with Gasteiger partial charge in [-0.2, -0.15) is 0 Å². The molecule has 0 amide bonds. The number of benzene rings is 1.